The average Bonchev–Trinajstić information content (AvgIpc) is 2.14. The summed E-state index contributed by atoms with van der Waals surface area (Å²) in [6, 6.07) is 0. The SMILES string of the molecule is C[Si](C)(C)N1[Si](C)(C)N([Si](C)(C)N2[Si](C)(C)N([Si](C)(C)C)[Si]2(C)C)[Si]1(C)C. The van der Waals surface area contributed by atoms with Gasteiger partial charge in [-0.1, -0.05) is 39.3 Å². The highest BCUT2D eigenvalue weighted by Gasteiger charge is 2.75. The third-order valence-electron chi connectivity index (χ3n) is 6.81. The van der Waals surface area contributed by atoms with E-state index in [2.05, 4.69) is 120 Å². The zero-order valence-electron chi connectivity index (χ0n) is 21.3. The summed E-state index contributed by atoms with van der Waals surface area (Å²) in [6.07, 6.45) is 0. The van der Waals surface area contributed by atoms with Crippen LogP contribution in [0.1, 0.15) is 0 Å². The Hall–Kier alpha value is 1.36. The molecule has 0 spiro atoms. The topological polar surface area (TPSA) is 13.0 Å². The Morgan fingerprint density at radius 3 is 0.704 bits per heavy atom. The van der Waals surface area contributed by atoms with E-state index < -0.39 is 58.5 Å². The van der Waals surface area contributed by atoms with Gasteiger partial charge in [-0.2, -0.15) is 0 Å². The second-order valence-corrected chi connectivity index (χ2v) is 47.5. The lowest BCUT2D eigenvalue weighted by Crippen LogP contribution is -3.05. The summed E-state index contributed by atoms with van der Waals surface area (Å²) in [6.45, 7) is 42.2. The van der Waals surface area contributed by atoms with Gasteiger partial charge in [-0.05, 0) is 65.5 Å². The van der Waals surface area contributed by atoms with Crippen LogP contribution in [0.25, 0.3) is 0 Å². The quantitative estimate of drug-likeness (QED) is 0.487. The van der Waals surface area contributed by atoms with Crippen molar-refractivity contribution in [3.8, 4) is 0 Å². The molecule has 2 saturated heterocycles. The maximum Gasteiger partial charge on any atom is 0.177 e. The van der Waals surface area contributed by atoms with Crippen LogP contribution in [-0.2, 0) is 0 Å². The molecule has 0 aromatic carbocycles. The van der Waals surface area contributed by atoms with E-state index in [9.17, 15) is 0 Å². The highest BCUT2D eigenvalue weighted by molar-refractivity contribution is 7.26. The summed E-state index contributed by atoms with van der Waals surface area (Å²) >= 11 is 0. The van der Waals surface area contributed by atoms with Crippen LogP contribution >= 0.6 is 0 Å². The first kappa shape index (κ1) is 24.6. The molecular weight excluding hydrogens is 445 g/mol. The summed E-state index contributed by atoms with van der Waals surface area (Å²) < 4.78 is 12.8. The molecule has 2 heterocycles. The summed E-state index contributed by atoms with van der Waals surface area (Å²) in [5.41, 5.74) is 0. The van der Waals surface area contributed by atoms with Crippen molar-refractivity contribution < 1.29 is 0 Å². The molecule has 2 aliphatic heterocycles. The first-order valence-corrected chi connectivity index (χ1v) is 32.0. The standard InChI is InChI=1S/C16H48N4Si7/c1-21(2,3)17-23(7,8)19(24(17,9)10)27(15,16)20-25(11,12)18(22(4,5)6)26(20,13)14/h1-16H3. The van der Waals surface area contributed by atoms with E-state index in [0.717, 1.165) is 0 Å². The van der Waals surface area contributed by atoms with Gasteiger partial charge in [0.05, 0.1) is 0 Å². The molecule has 11 heteroatoms. The summed E-state index contributed by atoms with van der Waals surface area (Å²) in [7, 11) is -10.2. The number of nitrogens with zero attached hydrogens (tertiary/aromatic N) is 4. The van der Waals surface area contributed by atoms with E-state index in [-0.39, 0.29) is 0 Å². The van der Waals surface area contributed by atoms with Crippen molar-refractivity contribution in [3.05, 3.63) is 0 Å². The largest absolute Gasteiger partial charge is 0.346 e. The molecule has 0 amide bonds. The minimum Gasteiger partial charge on any atom is -0.346 e. The summed E-state index contributed by atoms with van der Waals surface area (Å²) in [5, 5.41) is 0. The van der Waals surface area contributed by atoms with Gasteiger partial charge < -0.3 is 15.6 Å². The molecule has 0 aromatic heterocycles. The molecule has 0 saturated carbocycles. The molecule has 0 bridgehead atoms. The van der Waals surface area contributed by atoms with E-state index >= 15 is 0 Å². The molecular formula is C16H48N4Si7. The molecule has 4 nitrogen and oxygen atoms in total. The van der Waals surface area contributed by atoms with Gasteiger partial charge in [0, 0.05) is 0 Å². The highest BCUT2D eigenvalue weighted by atomic mass is 28.6. The van der Waals surface area contributed by atoms with Crippen LogP contribution in [0.4, 0.5) is 0 Å². The number of hydrogen-bond acceptors (Lipinski definition) is 4. The van der Waals surface area contributed by atoms with Crippen LogP contribution in [-0.4, -0.2) is 74.0 Å². The van der Waals surface area contributed by atoms with Gasteiger partial charge in [-0.3, -0.25) is 0 Å². The fraction of sp³-hybridized carbons (Fsp3) is 1.00. The van der Waals surface area contributed by atoms with Crippen LogP contribution in [0.3, 0.4) is 0 Å². The van der Waals surface area contributed by atoms with Crippen molar-refractivity contribution in [2.45, 2.75) is 105 Å². The molecule has 2 fully saturated rings. The fourth-order valence-electron chi connectivity index (χ4n) is 9.05. The molecule has 27 heavy (non-hydrogen) atoms. The lowest BCUT2D eigenvalue weighted by atomic mass is 11.8. The Morgan fingerprint density at radius 1 is 0.370 bits per heavy atom. The zero-order chi connectivity index (χ0) is 21.8. The second-order valence-electron chi connectivity index (χ2n) is 13.2. The van der Waals surface area contributed by atoms with E-state index in [0.29, 0.717) is 0 Å². The second kappa shape index (κ2) is 6.20. The average molecular weight is 493 g/mol. The predicted octanol–water partition coefficient (Wildman–Crippen LogP) is 5.40. The normalized spacial score (nSPS) is 29.3. The summed E-state index contributed by atoms with van der Waals surface area (Å²) in [5.74, 6) is 0. The van der Waals surface area contributed by atoms with Crippen molar-refractivity contribution in [1.29, 1.82) is 0 Å². The Morgan fingerprint density at radius 2 is 0.556 bits per heavy atom. The summed E-state index contributed by atoms with van der Waals surface area (Å²) in [4.78, 5) is 0. The third kappa shape index (κ3) is 3.27. The van der Waals surface area contributed by atoms with Gasteiger partial charge in [-0.25, -0.2) is 0 Å². The highest BCUT2D eigenvalue weighted by Crippen LogP contribution is 2.52. The van der Waals surface area contributed by atoms with Crippen molar-refractivity contribution in [1.82, 2.24) is 15.6 Å². The zero-order valence-corrected chi connectivity index (χ0v) is 28.3. The lowest BCUT2D eigenvalue weighted by Gasteiger charge is -2.82. The molecule has 0 radical (unpaired) electrons. The molecule has 0 aromatic rings. The van der Waals surface area contributed by atoms with Crippen molar-refractivity contribution in [2.24, 2.45) is 0 Å². The third-order valence-corrected chi connectivity index (χ3v) is 61.3. The first-order chi connectivity index (χ1) is 11.5. The smallest absolute Gasteiger partial charge is 0.177 e. The molecule has 0 atom stereocenters. The first-order valence-electron chi connectivity index (χ1n) is 10.7. The minimum absolute atomic E-state index is 1.27. The van der Waals surface area contributed by atoms with E-state index in [1.807, 2.05) is 0 Å². The molecule has 160 valence electrons. The molecule has 2 rings (SSSR count). The van der Waals surface area contributed by atoms with Crippen LogP contribution in [0.2, 0.25) is 105 Å². The maximum atomic E-state index is 3.26. The molecule has 2 aliphatic rings. The lowest BCUT2D eigenvalue weighted by molar-refractivity contribution is 0.537. The van der Waals surface area contributed by atoms with E-state index in [4.69, 9.17) is 0 Å². The van der Waals surface area contributed by atoms with Crippen LogP contribution in [0.5, 0.6) is 0 Å². The molecule has 0 N–H and O–H groups in total. The van der Waals surface area contributed by atoms with Gasteiger partial charge in [0.25, 0.3) is 0 Å². The minimum atomic E-state index is -1.64. The van der Waals surface area contributed by atoms with Gasteiger partial charge in [-0.15, -0.1) is 0 Å². The van der Waals surface area contributed by atoms with Crippen molar-refractivity contribution in [3.63, 3.8) is 0 Å². The van der Waals surface area contributed by atoms with Crippen molar-refractivity contribution in [2.75, 3.05) is 0 Å². The van der Waals surface area contributed by atoms with Crippen molar-refractivity contribution >= 4 is 58.5 Å². The van der Waals surface area contributed by atoms with Crippen LogP contribution in [0, 0.1) is 0 Å². The van der Waals surface area contributed by atoms with Gasteiger partial charge in [0.2, 0.25) is 0 Å². The Balaban J connectivity index is 2.51. The Kier molecular flexibility index (Phi) is 5.66. The maximum absolute atomic E-state index is 3.26. The molecule has 0 aliphatic carbocycles. The monoisotopic (exact) mass is 492 g/mol. The van der Waals surface area contributed by atoms with Gasteiger partial charge in [0.1, 0.15) is 16.5 Å². The predicted molar refractivity (Wildman–Crippen MR) is 141 cm³/mol. The number of hydrogen-bond donors (Lipinski definition) is 0. The van der Waals surface area contributed by atoms with Gasteiger partial charge in [0.15, 0.2) is 42.0 Å². The van der Waals surface area contributed by atoms with E-state index in [1.165, 1.54) is 0 Å². The van der Waals surface area contributed by atoms with E-state index in [1.54, 1.807) is 0 Å². The van der Waals surface area contributed by atoms with Crippen LogP contribution < -0.4 is 0 Å². The van der Waals surface area contributed by atoms with Gasteiger partial charge >= 0.3 is 0 Å². The number of rotatable bonds is 4. The molecule has 0 unspecified atom stereocenters. The fourth-order valence-corrected chi connectivity index (χ4v) is 88.7. The Labute approximate surface area is 178 Å². The van der Waals surface area contributed by atoms with Crippen LogP contribution in [0.15, 0.2) is 0 Å². The Bertz CT molecular complexity index is 535.